The molecule has 0 aromatic carbocycles. The third-order valence-electron chi connectivity index (χ3n) is 1.95. The van der Waals surface area contributed by atoms with Gasteiger partial charge in [0.05, 0.1) is 5.69 Å². The second-order valence-corrected chi connectivity index (χ2v) is 5.29. The highest BCUT2D eigenvalue weighted by Crippen LogP contribution is 2.35. The van der Waals surface area contributed by atoms with Crippen LogP contribution in [-0.4, -0.2) is 22.0 Å². The van der Waals surface area contributed by atoms with Crippen LogP contribution in [0.1, 0.15) is 13.8 Å². The lowest BCUT2D eigenvalue weighted by Gasteiger charge is -2.14. The van der Waals surface area contributed by atoms with E-state index in [4.69, 9.17) is 33.7 Å². The Hall–Kier alpha value is -0.720. The number of aromatic nitrogens is 1. The molecule has 0 bridgehead atoms. The molecule has 0 amide bonds. The lowest BCUT2D eigenvalue weighted by atomic mass is 10.4. The number of carbonyl (C=O) groups is 1. The third-order valence-corrected chi connectivity index (χ3v) is 3.58. The van der Waals surface area contributed by atoms with Crippen molar-refractivity contribution >= 4 is 45.8 Å². The van der Waals surface area contributed by atoms with Gasteiger partial charge in [-0.3, -0.25) is 4.79 Å². The number of anilines is 1. The van der Waals surface area contributed by atoms with Crippen molar-refractivity contribution in [2.75, 3.05) is 11.5 Å². The van der Waals surface area contributed by atoms with Gasteiger partial charge in [0, 0.05) is 0 Å². The van der Waals surface area contributed by atoms with E-state index < -0.39 is 12.1 Å². The van der Waals surface area contributed by atoms with Gasteiger partial charge in [-0.2, -0.15) is 9.37 Å². The molecule has 8 heteroatoms. The van der Waals surface area contributed by atoms with E-state index in [0.717, 1.165) is 11.8 Å². The van der Waals surface area contributed by atoms with Crippen LogP contribution in [-0.2, 0) is 4.79 Å². The van der Waals surface area contributed by atoms with Crippen molar-refractivity contribution in [3.63, 3.8) is 0 Å². The Morgan fingerprint density at radius 2 is 2.17 bits per heavy atom. The molecule has 0 fully saturated rings. The number of halogens is 3. The van der Waals surface area contributed by atoms with Crippen molar-refractivity contribution < 1.29 is 13.9 Å². The smallest absolute Gasteiger partial charge is 0.238 e. The number of ether oxygens (including phenoxy) is 1. The molecular formula is C10H11Cl2FN2O2S. The van der Waals surface area contributed by atoms with Gasteiger partial charge in [-0.05, 0) is 12.7 Å². The molecule has 2 N–H and O–H groups in total. The van der Waals surface area contributed by atoms with Crippen LogP contribution in [0.3, 0.4) is 0 Å². The molecule has 0 spiro atoms. The maximum Gasteiger partial charge on any atom is 0.238 e. The normalized spacial score (nSPS) is 12.3. The summed E-state index contributed by atoms with van der Waals surface area (Å²) in [6.07, 6.45) is -0.806. The molecule has 1 unspecified atom stereocenters. The van der Waals surface area contributed by atoms with Crippen molar-refractivity contribution in [1.29, 1.82) is 0 Å². The average molecular weight is 313 g/mol. The van der Waals surface area contributed by atoms with Gasteiger partial charge >= 0.3 is 0 Å². The van der Waals surface area contributed by atoms with Gasteiger partial charge < -0.3 is 10.5 Å². The minimum atomic E-state index is -0.989. The molecule has 0 aliphatic heterocycles. The lowest BCUT2D eigenvalue weighted by molar-refractivity contribution is -0.116. The number of nitrogens with zero attached hydrogens (tertiary/aromatic N) is 1. The quantitative estimate of drug-likeness (QED) is 0.865. The second kappa shape index (κ2) is 6.45. The van der Waals surface area contributed by atoms with Gasteiger partial charge in [0.2, 0.25) is 16.9 Å². The van der Waals surface area contributed by atoms with Gasteiger partial charge in [-0.1, -0.05) is 41.9 Å². The van der Waals surface area contributed by atoms with Crippen LogP contribution in [0.4, 0.5) is 10.1 Å². The number of nitrogen functional groups attached to an aromatic ring is 1. The first-order valence-corrected chi connectivity index (χ1v) is 6.75. The summed E-state index contributed by atoms with van der Waals surface area (Å²) in [5, 5.41) is -0.680. The number of nitrogens with two attached hydrogens (primary N) is 1. The standard InChI is InChI=1S/C10H11Cl2FN2O2S/c1-3-18-10(16)4(2)17-9-6(12)7(14)5(11)8(13)15-9/h4H,3H2,1-2H3,(H2,14,15). The molecule has 0 saturated carbocycles. The van der Waals surface area contributed by atoms with E-state index in [1.54, 1.807) is 0 Å². The summed E-state index contributed by atoms with van der Waals surface area (Å²) >= 11 is 12.4. The van der Waals surface area contributed by atoms with Crippen molar-refractivity contribution in [3.8, 4) is 5.88 Å². The summed E-state index contributed by atoms with van der Waals surface area (Å²) in [5.41, 5.74) is 5.32. The Labute approximate surface area is 118 Å². The summed E-state index contributed by atoms with van der Waals surface area (Å²) in [4.78, 5) is 14.9. The Morgan fingerprint density at radius 1 is 1.56 bits per heavy atom. The molecular weight excluding hydrogens is 302 g/mol. The summed E-state index contributed by atoms with van der Waals surface area (Å²) in [6, 6.07) is 0. The molecule has 100 valence electrons. The first-order valence-electron chi connectivity index (χ1n) is 5.01. The van der Waals surface area contributed by atoms with Gasteiger partial charge in [0.15, 0.2) is 6.10 Å². The molecule has 1 aromatic heterocycles. The maximum absolute atomic E-state index is 13.3. The predicted octanol–water partition coefficient (Wildman–Crippen LogP) is 3.16. The number of thioether (sulfide) groups is 1. The van der Waals surface area contributed by atoms with Crippen molar-refractivity contribution in [1.82, 2.24) is 4.98 Å². The van der Waals surface area contributed by atoms with Crippen molar-refractivity contribution in [3.05, 3.63) is 16.0 Å². The van der Waals surface area contributed by atoms with Crippen molar-refractivity contribution in [2.45, 2.75) is 20.0 Å². The van der Waals surface area contributed by atoms with E-state index in [9.17, 15) is 9.18 Å². The van der Waals surface area contributed by atoms with Gasteiger partial charge in [-0.15, -0.1) is 0 Å². The molecule has 0 aliphatic carbocycles. The minimum absolute atomic E-state index is 0.109. The molecule has 1 aromatic rings. The summed E-state index contributed by atoms with van der Waals surface area (Å²) in [6.45, 7) is 3.35. The van der Waals surface area contributed by atoms with Gasteiger partial charge in [-0.25, -0.2) is 0 Å². The molecule has 0 aliphatic rings. The zero-order valence-corrected chi connectivity index (χ0v) is 12.0. The monoisotopic (exact) mass is 312 g/mol. The topological polar surface area (TPSA) is 65.2 Å². The van der Waals surface area contributed by atoms with E-state index in [1.165, 1.54) is 6.92 Å². The van der Waals surface area contributed by atoms with Crippen LogP contribution >= 0.6 is 35.0 Å². The van der Waals surface area contributed by atoms with Crippen molar-refractivity contribution in [2.24, 2.45) is 0 Å². The van der Waals surface area contributed by atoms with E-state index in [-0.39, 0.29) is 26.7 Å². The largest absolute Gasteiger partial charge is 0.464 e. The number of hydrogen-bond acceptors (Lipinski definition) is 5. The highest BCUT2D eigenvalue weighted by Gasteiger charge is 2.21. The van der Waals surface area contributed by atoms with E-state index in [1.807, 2.05) is 6.92 Å². The number of pyridine rings is 1. The molecule has 1 atom stereocenters. The SMILES string of the molecule is CCSC(=O)C(C)Oc1nc(F)c(Cl)c(N)c1Cl. The van der Waals surface area contributed by atoms with Crippen LogP contribution < -0.4 is 10.5 Å². The lowest BCUT2D eigenvalue weighted by Crippen LogP contribution is -2.22. The van der Waals surface area contributed by atoms with E-state index in [0.29, 0.717) is 5.75 Å². The van der Waals surface area contributed by atoms with Crippen LogP contribution in [0, 0.1) is 5.95 Å². The summed E-state index contributed by atoms with van der Waals surface area (Å²) in [7, 11) is 0. The number of rotatable bonds is 4. The van der Waals surface area contributed by atoms with E-state index >= 15 is 0 Å². The van der Waals surface area contributed by atoms with E-state index in [2.05, 4.69) is 4.98 Å². The molecule has 0 radical (unpaired) electrons. The summed E-state index contributed by atoms with van der Waals surface area (Å²) < 4.78 is 18.5. The highest BCUT2D eigenvalue weighted by atomic mass is 35.5. The average Bonchev–Trinajstić information content (AvgIpc) is 2.33. The fraction of sp³-hybridized carbons (Fsp3) is 0.400. The summed E-state index contributed by atoms with van der Waals surface area (Å²) in [5.74, 6) is -0.616. The maximum atomic E-state index is 13.3. The van der Waals surface area contributed by atoms with Crippen LogP contribution in [0.2, 0.25) is 10.0 Å². The van der Waals surface area contributed by atoms with Gasteiger partial charge in [0.1, 0.15) is 10.0 Å². The number of carbonyl (C=O) groups excluding carboxylic acids is 1. The fourth-order valence-corrected chi connectivity index (χ4v) is 2.00. The predicted molar refractivity (Wildman–Crippen MR) is 71.9 cm³/mol. The first-order chi connectivity index (χ1) is 8.38. The van der Waals surface area contributed by atoms with Crippen LogP contribution in [0.25, 0.3) is 0 Å². The Bertz CT molecular complexity index is 474. The third kappa shape index (κ3) is 3.40. The fourth-order valence-electron chi connectivity index (χ4n) is 1.06. The zero-order chi connectivity index (χ0) is 13.9. The molecule has 18 heavy (non-hydrogen) atoms. The minimum Gasteiger partial charge on any atom is -0.464 e. The Kier molecular flexibility index (Phi) is 5.49. The first kappa shape index (κ1) is 15.3. The highest BCUT2D eigenvalue weighted by molar-refractivity contribution is 8.13. The Morgan fingerprint density at radius 3 is 2.72 bits per heavy atom. The second-order valence-electron chi connectivity index (χ2n) is 3.26. The zero-order valence-electron chi connectivity index (χ0n) is 9.67. The number of hydrogen-bond donors (Lipinski definition) is 1. The molecule has 1 heterocycles. The molecule has 1 rings (SSSR count). The van der Waals surface area contributed by atoms with Crippen LogP contribution in [0.5, 0.6) is 5.88 Å². The molecule has 0 saturated heterocycles. The van der Waals surface area contributed by atoms with Gasteiger partial charge in [0.25, 0.3) is 0 Å². The Balaban J connectivity index is 2.95. The molecule has 4 nitrogen and oxygen atoms in total. The van der Waals surface area contributed by atoms with Crippen LogP contribution in [0.15, 0.2) is 0 Å².